The van der Waals surface area contributed by atoms with Crippen molar-refractivity contribution in [3.63, 3.8) is 0 Å². The van der Waals surface area contributed by atoms with E-state index in [0.717, 1.165) is 39.2 Å². The SMILES string of the molecule is c1ccc(-n2c3ccccc3c3cc4c(cc32)c2cc(-c3ccc5c(c3)c3ccccc3n5-c3ccc(-c5nc6ccccc6o5)cc3)ccc2n4-c2ccccc2)cc1. The highest BCUT2D eigenvalue weighted by Crippen LogP contribution is 2.42. The summed E-state index contributed by atoms with van der Waals surface area (Å²) in [7, 11) is 0. The number of hydrogen-bond acceptors (Lipinski definition) is 2. The van der Waals surface area contributed by atoms with Crippen LogP contribution in [-0.4, -0.2) is 18.7 Å². The van der Waals surface area contributed by atoms with Gasteiger partial charge in [0, 0.05) is 54.9 Å². The van der Waals surface area contributed by atoms with Crippen LogP contribution in [0.15, 0.2) is 211 Å². The number of oxazole rings is 1. The van der Waals surface area contributed by atoms with Crippen LogP contribution in [0.2, 0.25) is 0 Å². The van der Waals surface area contributed by atoms with Crippen molar-refractivity contribution in [3.05, 3.63) is 206 Å². The minimum absolute atomic E-state index is 0.626. The van der Waals surface area contributed by atoms with Gasteiger partial charge in [0.1, 0.15) is 5.52 Å². The van der Waals surface area contributed by atoms with Gasteiger partial charge < -0.3 is 18.1 Å². The number of aromatic nitrogens is 4. The largest absolute Gasteiger partial charge is 0.436 e. The lowest BCUT2D eigenvalue weighted by molar-refractivity contribution is 0.620. The molecular weight excluding hydrogens is 733 g/mol. The summed E-state index contributed by atoms with van der Waals surface area (Å²) in [6.45, 7) is 0. The minimum atomic E-state index is 0.626. The highest BCUT2D eigenvalue weighted by Gasteiger charge is 2.20. The van der Waals surface area contributed by atoms with Crippen molar-refractivity contribution in [1.29, 1.82) is 0 Å². The quantitative estimate of drug-likeness (QED) is 0.175. The molecule has 0 amide bonds. The first-order valence-corrected chi connectivity index (χ1v) is 20.4. The van der Waals surface area contributed by atoms with Gasteiger partial charge in [-0.2, -0.15) is 0 Å². The van der Waals surface area contributed by atoms with Gasteiger partial charge in [-0.3, -0.25) is 0 Å². The average Bonchev–Trinajstić information content (AvgIpc) is 4.07. The smallest absolute Gasteiger partial charge is 0.227 e. The number of para-hydroxylation sites is 6. The van der Waals surface area contributed by atoms with Crippen LogP contribution < -0.4 is 0 Å². The van der Waals surface area contributed by atoms with E-state index in [9.17, 15) is 0 Å². The summed E-state index contributed by atoms with van der Waals surface area (Å²) in [5, 5.41) is 7.37. The summed E-state index contributed by atoms with van der Waals surface area (Å²) in [5.74, 6) is 0.626. The maximum absolute atomic E-state index is 6.09. The Morgan fingerprint density at radius 1 is 0.300 bits per heavy atom. The lowest BCUT2D eigenvalue weighted by Crippen LogP contribution is -1.94. The molecule has 13 aromatic rings. The van der Waals surface area contributed by atoms with E-state index in [-0.39, 0.29) is 0 Å². The molecule has 9 aromatic carbocycles. The highest BCUT2D eigenvalue weighted by molar-refractivity contribution is 6.19. The predicted octanol–water partition coefficient (Wildman–Crippen LogP) is 14.5. The molecule has 0 saturated heterocycles. The summed E-state index contributed by atoms with van der Waals surface area (Å²) in [6, 6.07) is 74.0. The molecule has 13 rings (SSSR count). The van der Waals surface area contributed by atoms with Gasteiger partial charge in [-0.25, -0.2) is 4.98 Å². The second-order valence-corrected chi connectivity index (χ2v) is 15.6. The van der Waals surface area contributed by atoms with Crippen molar-refractivity contribution >= 4 is 76.5 Å². The molecule has 0 spiro atoms. The molecule has 4 aromatic heterocycles. The molecule has 0 unspecified atom stereocenters. The molecule has 280 valence electrons. The van der Waals surface area contributed by atoms with Crippen LogP contribution in [0.5, 0.6) is 0 Å². The standard InChI is InChI=1S/C55H34N4O/c1-3-13-38(14-4-1)58-49-21-11-8-18-42(49)45-33-53-46(34-52(45)58)44-32-37(26-30-51(44)59(53)39-15-5-2-6-16-39)36-25-29-50-43(31-36)41-17-7-10-20-48(41)57(50)40-27-23-35(24-28-40)55-56-47-19-9-12-22-54(47)60-55/h1-34H. The van der Waals surface area contributed by atoms with Crippen LogP contribution >= 0.6 is 0 Å². The fourth-order valence-corrected chi connectivity index (χ4v) is 9.55. The molecule has 0 saturated carbocycles. The van der Waals surface area contributed by atoms with Crippen molar-refractivity contribution in [1.82, 2.24) is 18.7 Å². The predicted molar refractivity (Wildman–Crippen MR) is 248 cm³/mol. The van der Waals surface area contributed by atoms with E-state index in [2.05, 4.69) is 196 Å². The van der Waals surface area contributed by atoms with Gasteiger partial charge in [0.05, 0.1) is 33.1 Å². The maximum Gasteiger partial charge on any atom is 0.227 e. The first-order valence-electron chi connectivity index (χ1n) is 20.4. The zero-order chi connectivity index (χ0) is 39.3. The molecular formula is C55H34N4O. The van der Waals surface area contributed by atoms with Gasteiger partial charge in [0.25, 0.3) is 0 Å². The normalized spacial score (nSPS) is 12.0. The second-order valence-electron chi connectivity index (χ2n) is 15.6. The first-order chi connectivity index (χ1) is 29.7. The van der Waals surface area contributed by atoms with E-state index in [0.29, 0.717) is 5.89 Å². The van der Waals surface area contributed by atoms with Crippen LogP contribution in [0.3, 0.4) is 0 Å². The summed E-state index contributed by atoms with van der Waals surface area (Å²) in [4.78, 5) is 4.73. The molecule has 0 bridgehead atoms. The van der Waals surface area contributed by atoms with Gasteiger partial charge in [0.2, 0.25) is 5.89 Å². The maximum atomic E-state index is 6.09. The summed E-state index contributed by atoms with van der Waals surface area (Å²) in [6.07, 6.45) is 0. The molecule has 0 aliphatic rings. The molecule has 0 radical (unpaired) electrons. The van der Waals surface area contributed by atoms with Gasteiger partial charge in [-0.1, -0.05) is 97.1 Å². The van der Waals surface area contributed by atoms with E-state index in [1.54, 1.807) is 0 Å². The van der Waals surface area contributed by atoms with E-state index < -0.39 is 0 Å². The number of benzene rings is 9. The second kappa shape index (κ2) is 12.7. The van der Waals surface area contributed by atoms with Gasteiger partial charge >= 0.3 is 0 Å². The van der Waals surface area contributed by atoms with Crippen LogP contribution in [0, 0.1) is 0 Å². The Morgan fingerprint density at radius 2 is 0.717 bits per heavy atom. The van der Waals surface area contributed by atoms with E-state index >= 15 is 0 Å². The molecule has 0 aliphatic carbocycles. The van der Waals surface area contributed by atoms with E-state index in [1.807, 2.05) is 24.3 Å². The van der Waals surface area contributed by atoms with Crippen molar-refractivity contribution in [2.24, 2.45) is 0 Å². The Bertz CT molecular complexity index is 3780. The molecule has 0 fully saturated rings. The Kier molecular flexibility index (Phi) is 6.95. The number of hydrogen-bond donors (Lipinski definition) is 0. The lowest BCUT2D eigenvalue weighted by atomic mass is 10.00. The number of nitrogens with zero attached hydrogens (tertiary/aromatic N) is 4. The van der Waals surface area contributed by atoms with Crippen molar-refractivity contribution in [3.8, 4) is 39.6 Å². The lowest BCUT2D eigenvalue weighted by Gasteiger charge is -2.10. The molecule has 0 atom stereocenters. The zero-order valence-electron chi connectivity index (χ0n) is 32.3. The minimum Gasteiger partial charge on any atom is -0.436 e. The fraction of sp³-hybridized carbons (Fsp3) is 0. The Labute approximate surface area is 344 Å². The summed E-state index contributed by atoms with van der Waals surface area (Å²) in [5.41, 5.74) is 15.4. The zero-order valence-corrected chi connectivity index (χ0v) is 32.3. The molecule has 4 heterocycles. The summed E-state index contributed by atoms with van der Waals surface area (Å²) >= 11 is 0. The van der Waals surface area contributed by atoms with Gasteiger partial charge in [0.15, 0.2) is 5.58 Å². The van der Waals surface area contributed by atoms with Gasteiger partial charge in [-0.05, 0) is 120 Å². The molecule has 0 N–H and O–H groups in total. The molecule has 0 aliphatic heterocycles. The third kappa shape index (κ3) is 4.84. The summed E-state index contributed by atoms with van der Waals surface area (Å²) < 4.78 is 13.3. The highest BCUT2D eigenvalue weighted by atomic mass is 16.3. The average molecular weight is 767 g/mol. The third-order valence-electron chi connectivity index (χ3n) is 12.3. The monoisotopic (exact) mass is 766 g/mol. The Morgan fingerprint density at radius 3 is 1.30 bits per heavy atom. The topological polar surface area (TPSA) is 40.8 Å². The number of rotatable bonds is 5. The van der Waals surface area contributed by atoms with Crippen molar-refractivity contribution in [2.45, 2.75) is 0 Å². The van der Waals surface area contributed by atoms with Gasteiger partial charge in [-0.15, -0.1) is 0 Å². The Hall–Kier alpha value is -8.15. The fourth-order valence-electron chi connectivity index (χ4n) is 9.55. The number of fused-ring (bicyclic) bond motifs is 10. The molecule has 5 nitrogen and oxygen atoms in total. The van der Waals surface area contributed by atoms with Crippen LogP contribution in [0.1, 0.15) is 0 Å². The van der Waals surface area contributed by atoms with E-state index in [1.165, 1.54) is 71.0 Å². The van der Waals surface area contributed by atoms with Crippen molar-refractivity contribution < 1.29 is 4.42 Å². The first kappa shape index (κ1) is 32.9. The molecule has 60 heavy (non-hydrogen) atoms. The van der Waals surface area contributed by atoms with E-state index in [4.69, 9.17) is 9.40 Å². The van der Waals surface area contributed by atoms with Crippen LogP contribution in [0.25, 0.3) is 116 Å². The van der Waals surface area contributed by atoms with Crippen LogP contribution in [-0.2, 0) is 0 Å². The molecule has 5 heteroatoms. The Balaban J connectivity index is 0.993. The van der Waals surface area contributed by atoms with Crippen molar-refractivity contribution in [2.75, 3.05) is 0 Å². The van der Waals surface area contributed by atoms with Crippen LogP contribution in [0.4, 0.5) is 0 Å². The third-order valence-corrected chi connectivity index (χ3v) is 12.3.